The third-order valence-corrected chi connectivity index (χ3v) is 2.36. The SMILES string of the molecule is Fc1cc(C(F)(F)F)ccc1NCc1ccoc1. The highest BCUT2D eigenvalue weighted by Crippen LogP contribution is 2.31. The average Bonchev–Trinajstić information content (AvgIpc) is 2.79. The number of benzene rings is 1. The van der Waals surface area contributed by atoms with Crippen LogP contribution in [0.15, 0.2) is 41.2 Å². The first-order chi connectivity index (χ1) is 8.47. The molecule has 6 heteroatoms. The summed E-state index contributed by atoms with van der Waals surface area (Å²) in [6.45, 7) is 0.277. The van der Waals surface area contributed by atoms with Gasteiger partial charge in [-0.15, -0.1) is 0 Å². The molecule has 0 saturated carbocycles. The van der Waals surface area contributed by atoms with Crippen LogP contribution in [0.3, 0.4) is 0 Å². The number of anilines is 1. The molecule has 0 aliphatic carbocycles. The van der Waals surface area contributed by atoms with Gasteiger partial charge in [-0.3, -0.25) is 0 Å². The number of nitrogens with one attached hydrogen (secondary N) is 1. The fraction of sp³-hybridized carbons (Fsp3) is 0.167. The van der Waals surface area contributed by atoms with Gasteiger partial charge in [-0.05, 0) is 24.3 Å². The van der Waals surface area contributed by atoms with Crippen molar-refractivity contribution in [2.45, 2.75) is 12.7 Å². The van der Waals surface area contributed by atoms with Crippen LogP contribution in [0.25, 0.3) is 0 Å². The molecular weight excluding hydrogens is 250 g/mol. The maximum atomic E-state index is 13.4. The first-order valence-corrected chi connectivity index (χ1v) is 5.08. The molecule has 2 aromatic rings. The zero-order valence-corrected chi connectivity index (χ0v) is 9.09. The lowest BCUT2D eigenvalue weighted by molar-refractivity contribution is -0.137. The number of furan rings is 1. The minimum atomic E-state index is -4.54. The van der Waals surface area contributed by atoms with E-state index in [0.29, 0.717) is 6.07 Å². The molecule has 2 rings (SSSR count). The van der Waals surface area contributed by atoms with Gasteiger partial charge in [-0.1, -0.05) is 0 Å². The van der Waals surface area contributed by atoms with Gasteiger partial charge < -0.3 is 9.73 Å². The van der Waals surface area contributed by atoms with Gasteiger partial charge in [0.1, 0.15) is 5.82 Å². The van der Waals surface area contributed by atoms with Crippen molar-refractivity contribution in [2.75, 3.05) is 5.32 Å². The van der Waals surface area contributed by atoms with Crippen LogP contribution in [0, 0.1) is 5.82 Å². The minimum Gasteiger partial charge on any atom is -0.472 e. The molecule has 1 N–H and O–H groups in total. The van der Waals surface area contributed by atoms with Crippen molar-refractivity contribution >= 4 is 5.69 Å². The van der Waals surface area contributed by atoms with Crippen LogP contribution >= 0.6 is 0 Å². The van der Waals surface area contributed by atoms with Crippen LogP contribution in [0.4, 0.5) is 23.2 Å². The molecule has 2 nitrogen and oxygen atoms in total. The summed E-state index contributed by atoms with van der Waals surface area (Å²) in [7, 11) is 0. The van der Waals surface area contributed by atoms with Crippen molar-refractivity contribution < 1.29 is 22.0 Å². The second-order valence-corrected chi connectivity index (χ2v) is 3.68. The van der Waals surface area contributed by atoms with Crippen LogP contribution in [0.1, 0.15) is 11.1 Å². The molecule has 0 saturated heterocycles. The molecule has 0 aliphatic heterocycles. The topological polar surface area (TPSA) is 25.2 Å². The molecular formula is C12H9F4NO. The standard InChI is InChI=1S/C12H9F4NO/c13-10-5-9(12(14,15)16)1-2-11(10)17-6-8-3-4-18-7-8/h1-5,7,17H,6H2. The maximum Gasteiger partial charge on any atom is 0.416 e. The Kier molecular flexibility index (Phi) is 3.27. The van der Waals surface area contributed by atoms with Gasteiger partial charge in [0.05, 0.1) is 23.8 Å². The molecule has 1 aromatic heterocycles. The number of halogens is 4. The van der Waals surface area contributed by atoms with Gasteiger partial charge in [0.25, 0.3) is 0 Å². The lowest BCUT2D eigenvalue weighted by atomic mass is 10.2. The van der Waals surface area contributed by atoms with E-state index in [9.17, 15) is 17.6 Å². The second kappa shape index (κ2) is 4.72. The number of hydrogen-bond acceptors (Lipinski definition) is 2. The van der Waals surface area contributed by atoms with Gasteiger partial charge in [0.15, 0.2) is 0 Å². The summed E-state index contributed by atoms with van der Waals surface area (Å²) in [5.74, 6) is -0.937. The molecule has 0 spiro atoms. The quantitative estimate of drug-likeness (QED) is 0.841. The highest BCUT2D eigenvalue weighted by Gasteiger charge is 2.31. The van der Waals surface area contributed by atoms with Gasteiger partial charge in [0.2, 0.25) is 0 Å². The Balaban J connectivity index is 2.10. The molecule has 0 amide bonds. The molecule has 0 unspecified atom stereocenters. The fourth-order valence-corrected chi connectivity index (χ4v) is 1.43. The first-order valence-electron chi connectivity index (χ1n) is 5.08. The minimum absolute atomic E-state index is 0.0178. The van der Waals surface area contributed by atoms with Crippen molar-refractivity contribution in [1.29, 1.82) is 0 Å². The molecule has 0 bridgehead atoms. The Morgan fingerprint density at radius 1 is 1.17 bits per heavy atom. The van der Waals surface area contributed by atoms with E-state index >= 15 is 0 Å². The Morgan fingerprint density at radius 3 is 2.50 bits per heavy atom. The highest BCUT2D eigenvalue weighted by atomic mass is 19.4. The van der Waals surface area contributed by atoms with Crippen molar-refractivity contribution in [3.8, 4) is 0 Å². The summed E-state index contributed by atoms with van der Waals surface area (Å²) in [6, 6.07) is 4.05. The Morgan fingerprint density at radius 2 is 1.94 bits per heavy atom. The van der Waals surface area contributed by atoms with E-state index in [0.717, 1.165) is 17.7 Å². The van der Waals surface area contributed by atoms with Gasteiger partial charge in [-0.2, -0.15) is 13.2 Å². The molecule has 0 aliphatic rings. The average molecular weight is 259 g/mol. The van der Waals surface area contributed by atoms with Crippen molar-refractivity contribution in [3.05, 3.63) is 53.7 Å². The third kappa shape index (κ3) is 2.82. The zero-order valence-electron chi connectivity index (χ0n) is 9.09. The molecule has 0 radical (unpaired) electrons. The molecule has 96 valence electrons. The van der Waals surface area contributed by atoms with E-state index in [4.69, 9.17) is 4.42 Å². The summed E-state index contributed by atoms with van der Waals surface area (Å²) < 4.78 is 55.2. The van der Waals surface area contributed by atoms with Crippen molar-refractivity contribution in [2.24, 2.45) is 0 Å². The van der Waals surface area contributed by atoms with E-state index in [-0.39, 0.29) is 12.2 Å². The van der Waals surface area contributed by atoms with Crippen LogP contribution in [0.5, 0.6) is 0 Å². The van der Waals surface area contributed by atoms with Crippen LogP contribution in [-0.4, -0.2) is 0 Å². The van der Waals surface area contributed by atoms with E-state index < -0.39 is 17.6 Å². The zero-order chi connectivity index (χ0) is 13.2. The predicted octanol–water partition coefficient (Wildman–Crippen LogP) is 4.05. The summed E-state index contributed by atoms with van der Waals surface area (Å²) in [4.78, 5) is 0. The Bertz CT molecular complexity index is 519. The van der Waals surface area contributed by atoms with Gasteiger partial charge >= 0.3 is 6.18 Å². The molecule has 0 atom stereocenters. The summed E-state index contributed by atoms with van der Waals surface area (Å²) in [5, 5.41) is 2.69. The monoisotopic (exact) mass is 259 g/mol. The lowest BCUT2D eigenvalue weighted by Crippen LogP contribution is -2.07. The van der Waals surface area contributed by atoms with E-state index in [2.05, 4.69) is 5.32 Å². The normalized spacial score (nSPS) is 11.6. The summed E-state index contributed by atoms with van der Waals surface area (Å²) >= 11 is 0. The first kappa shape index (κ1) is 12.5. The molecule has 1 aromatic carbocycles. The predicted molar refractivity (Wildman–Crippen MR) is 57.4 cm³/mol. The molecule has 0 fully saturated rings. The van der Waals surface area contributed by atoms with Crippen molar-refractivity contribution in [1.82, 2.24) is 0 Å². The van der Waals surface area contributed by atoms with Crippen LogP contribution < -0.4 is 5.32 Å². The number of alkyl halides is 3. The van der Waals surface area contributed by atoms with Crippen LogP contribution in [-0.2, 0) is 12.7 Å². The summed E-state index contributed by atoms with van der Waals surface area (Å²) in [6.07, 6.45) is -1.61. The second-order valence-electron chi connectivity index (χ2n) is 3.68. The van der Waals surface area contributed by atoms with Crippen molar-refractivity contribution in [3.63, 3.8) is 0 Å². The number of rotatable bonds is 3. The van der Waals surface area contributed by atoms with Gasteiger partial charge in [0, 0.05) is 12.1 Å². The summed E-state index contributed by atoms with van der Waals surface area (Å²) in [5.41, 5.74) is -0.215. The molecule has 18 heavy (non-hydrogen) atoms. The smallest absolute Gasteiger partial charge is 0.416 e. The Labute approximate surface area is 100 Å². The Hall–Kier alpha value is -1.98. The van der Waals surface area contributed by atoms with E-state index in [1.807, 2.05) is 0 Å². The highest BCUT2D eigenvalue weighted by molar-refractivity contribution is 5.47. The van der Waals surface area contributed by atoms with E-state index in [1.54, 1.807) is 6.07 Å². The van der Waals surface area contributed by atoms with Crippen LogP contribution in [0.2, 0.25) is 0 Å². The largest absolute Gasteiger partial charge is 0.472 e. The van der Waals surface area contributed by atoms with E-state index in [1.165, 1.54) is 12.5 Å². The van der Waals surface area contributed by atoms with Gasteiger partial charge in [-0.25, -0.2) is 4.39 Å². The molecule has 1 heterocycles. The lowest BCUT2D eigenvalue weighted by Gasteiger charge is -2.10. The maximum absolute atomic E-state index is 13.4. The number of hydrogen-bond donors (Lipinski definition) is 1. The third-order valence-electron chi connectivity index (χ3n) is 2.36. The fourth-order valence-electron chi connectivity index (χ4n) is 1.43.